The van der Waals surface area contributed by atoms with E-state index in [1.807, 2.05) is 77.1 Å². The van der Waals surface area contributed by atoms with Crippen LogP contribution in [0.25, 0.3) is 0 Å². The zero-order chi connectivity index (χ0) is 51.1. The van der Waals surface area contributed by atoms with E-state index in [1.165, 1.54) is 43.5 Å². The third-order valence-corrected chi connectivity index (χ3v) is 9.53. The molecular formula is C63H109N3. The Morgan fingerprint density at radius 1 is 0.455 bits per heavy atom. The maximum atomic E-state index is 3.79. The molecule has 0 spiro atoms. The summed E-state index contributed by atoms with van der Waals surface area (Å²) in [6.07, 6.45) is 42.2. The lowest BCUT2D eigenvalue weighted by atomic mass is 9.91. The number of rotatable bonds is 17. The van der Waals surface area contributed by atoms with Crippen LogP contribution >= 0.6 is 0 Å². The summed E-state index contributed by atoms with van der Waals surface area (Å²) < 4.78 is 0. The predicted octanol–water partition coefficient (Wildman–Crippen LogP) is 19.2. The van der Waals surface area contributed by atoms with Gasteiger partial charge in [-0.1, -0.05) is 218 Å². The molecule has 0 saturated heterocycles. The second-order valence-corrected chi connectivity index (χ2v) is 16.1. The largest absolute Gasteiger partial charge is 0.371 e. The molecule has 3 heteroatoms. The molecule has 0 radical (unpaired) electrons. The van der Waals surface area contributed by atoms with Crippen LogP contribution in [0.5, 0.6) is 0 Å². The molecule has 4 unspecified atom stereocenters. The third-order valence-electron chi connectivity index (χ3n) is 9.53. The summed E-state index contributed by atoms with van der Waals surface area (Å²) in [5, 5.41) is 0. The Bertz CT molecular complexity index is 1400. The maximum absolute atomic E-state index is 3.79. The number of allylic oxidation sites excluding steroid dienone is 10. The molecule has 2 aromatic rings. The molecule has 4 rings (SSSR count). The summed E-state index contributed by atoms with van der Waals surface area (Å²) >= 11 is 0. The Labute approximate surface area is 414 Å². The fourth-order valence-electron chi connectivity index (χ4n) is 5.94. The first-order chi connectivity index (χ1) is 31.9. The molecule has 0 saturated carbocycles. The van der Waals surface area contributed by atoms with Gasteiger partial charge in [0.05, 0.1) is 0 Å². The molecule has 4 atom stereocenters. The third kappa shape index (κ3) is 52.3. The van der Waals surface area contributed by atoms with Crippen LogP contribution in [-0.4, -0.2) is 51.7 Å². The highest BCUT2D eigenvalue weighted by molar-refractivity contribution is 5.47. The zero-order valence-electron chi connectivity index (χ0n) is 46.4. The molecule has 3 nitrogen and oxygen atoms in total. The van der Waals surface area contributed by atoms with Crippen molar-refractivity contribution in [3.63, 3.8) is 0 Å². The van der Waals surface area contributed by atoms with Crippen molar-refractivity contribution >= 4 is 11.4 Å². The van der Waals surface area contributed by atoms with Crippen molar-refractivity contribution in [2.75, 3.05) is 56.6 Å². The van der Waals surface area contributed by atoms with Crippen molar-refractivity contribution < 1.29 is 0 Å². The van der Waals surface area contributed by atoms with Gasteiger partial charge in [0.2, 0.25) is 0 Å². The van der Waals surface area contributed by atoms with Gasteiger partial charge in [0.25, 0.3) is 0 Å². The number of benzene rings is 2. The molecule has 0 amide bonds. The lowest BCUT2D eigenvalue weighted by molar-refractivity contribution is 0.412. The van der Waals surface area contributed by atoms with Gasteiger partial charge in [-0.25, -0.2) is 0 Å². The number of hydrogen-bond donors (Lipinski definition) is 0. The Morgan fingerprint density at radius 2 is 0.818 bits per heavy atom. The lowest BCUT2D eigenvalue weighted by Crippen LogP contribution is -2.22. The van der Waals surface area contributed by atoms with Crippen molar-refractivity contribution in [1.82, 2.24) is 4.90 Å². The minimum absolute atomic E-state index is 0.839. The van der Waals surface area contributed by atoms with Gasteiger partial charge >= 0.3 is 0 Å². The van der Waals surface area contributed by atoms with Gasteiger partial charge in [0, 0.05) is 51.1 Å². The summed E-state index contributed by atoms with van der Waals surface area (Å²) in [7, 11) is 4.14. The Morgan fingerprint density at radius 3 is 1.14 bits per heavy atom. The first-order valence-corrected chi connectivity index (χ1v) is 25.9. The fourth-order valence-corrected chi connectivity index (χ4v) is 5.94. The second kappa shape index (κ2) is 58.7. The average Bonchev–Trinajstić information content (AvgIpc) is 3.74. The van der Waals surface area contributed by atoms with E-state index in [-0.39, 0.29) is 0 Å². The molecular weight excluding hydrogens is 799 g/mol. The standard InChI is InChI=1S/C14H19N.C10H13N.C9H17N.C8H14.C7H12.C6H12.C5H10.2C2H6/c1-3-5-9-13-15(12-4-2)14-10-7-6-8-11-14;1-3-9-11(2)10-7-5-4-6-8-10;1-4-6-7-9-10(3)8-5-2;1-7-3-5-8(2)6-4-7;1-6-3-4-7(2)5-6;1-3-5-6-4-2;1-3-5-4-2;2*1-2/h4-11H,2-3,12-13H2,1H3;3-8H,1,9H2,2H3;5-7H,2,4,8-9H2,1,3H3;3,5,7-8H,4,6H2,1-2H3;3-4,6-7H,5H2,1-2H3;5-6H,3-4H2,1-2H3;3,5H,4H2,1-2H3;2*1-2H3/b9-5+;;7-6+;;;6-5+;5-3+;;. The van der Waals surface area contributed by atoms with E-state index < -0.39 is 0 Å². The van der Waals surface area contributed by atoms with Gasteiger partial charge in [0.15, 0.2) is 0 Å². The summed E-state index contributed by atoms with van der Waals surface area (Å²) in [4.78, 5) is 6.64. The maximum Gasteiger partial charge on any atom is 0.0371 e. The normalized spacial score (nSPS) is 16.3. The van der Waals surface area contributed by atoms with Gasteiger partial charge in [-0.15, -0.1) is 19.7 Å². The summed E-state index contributed by atoms with van der Waals surface area (Å²) in [5.41, 5.74) is 2.48. The van der Waals surface area contributed by atoms with E-state index in [4.69, 9.17) is 0 Å². The van der Waals surface area contributed by atoms with Crippen molar-refractivity contribution in [1.29, 1.82) is 0 Å². The topological polar surface area (TPSA) is 9.72 Å². The molecule has 0 aromatic heterocycles. The van der Waals surface area contributed by atoms with Crippen molar-refractivity contribution in [3.8, 4) is 0 Å². The zero-order valence-corrected chi connectivity index (χ0v) is 46.4. The van der Waals surface area contributed by atoms with Gasteiger partial charge in [-0.3, -0.25) is 4.90 Å². The van der Waals surface area contributed by atoms with Crippen LogP contribution in [0.1, 0.15) is 148 Å². The molecule has 0 bridgehead atoms. The molecule has 2 aliphatic carbocycles. The first-order valence-electron chi connectivity index (χ1n) is 25.9. The first kappa shape index (κ1) is 70.7. The number of hydrogen-bond acceptors (Lipinski definition) is 3. The number of nitrogens with zero attached hydrogens (tertiary/aromatic N) is 3. The smallest absolute Gasteiger partial charge is 0.0371 e. The molecule has 66 heavy (non-hydrogen) atoms. The van der Waals surface area contributed by atoms with Crippen LogP contribution in [0, 0.1) is 23.7 Å². The van der Waals surface area contributed by atoms with E-state index in [2.05, 4.69) is 220 Å². The van der Waals surface area contributed by atoms with E-state index in [0.717, 1.165) is 75.7 Å². The average molecular weight is 909 g/mol. The second-order valence-electron chi connectivity index (χ2n) is 16.1. The van der Waals surface area contributed by atoms with Gasteiger partial charge in [-0.2, -0.15) is 0 Å². The van der Waals surface area contributed by atoms with E-state index in [1.54, 1.807) is 0 Å². The number of anilines is 2. The summed E-state index contributed by atoms with van der Waals surface area (Å²) in [5.74, 6) is 3.36. The number of para-hydroxylation sites is 2. The van der Waals surface area contributed by atoms with Crippen molar-refractivity contribution in [3.05, 3.63) is 172 Å². The van der Waals surface area contributed by atoms with Crippen LogP contribution in [0.15, 0.2) is 172 Å². The summed E-state index contributed by atoms with van der Waals surface area (Å²) in [6, 6.07) is 20.7. The van der Waals surface area contributed by atoms with E-state index in [9.17, 15) is 0 Å². The SMILES string of the molecule is C/C=C/CC.C=CCN(C)C/C=C/CC.C=CCN(C)c1ccccc1.C=CCN(C/C=C/CC)c1ccccc1.CC.CC.CC/C=C/CC.CC1C=CC(C)C1.CC1C=CC(C)CC1. The van der Waals surface area contributed by atoms with Crippen molar-refractivity contribution in [2.45, 2.75) is 148 Å². The monoisotopic (exact) mass is 908 g/mol. The molecule has 0 fully saturated rings. The molecule has 0 heterocycles. The number of likely N-dealkylation sites (N-methyl/N-ethyl adjacent to an activating group) is 2. The highest BCUT2D eigenvalue weighted by atomic mass is 15.1. The van der Waals surface area contributed by atoms with Crippen LogP contribution in [0.4, 0.5) is 11.4 Å². The minimum Gasteiger partial charge on any atom is -0.371 e. The Hall–Kier alpha value is -4.34. The lowest BCUT2D eigenvalue weighted by Gasteiger charge is -2.21. The molecule has 376 valence electrons. The predicted molar refractivity (Wildman–Crippen MR) is 312 cm³/mol. The molecule has 2 aliphatic rings. The van der Waals surface area contributed by atoms with E-state index in [0.29, 0.717) is 0 Å². The quantitative estimate of drug-likeness (QED) is 0.146. The Kier molecular flexibility index (Phi) is 62.8. The molecule has 0 aliphatic heterocycles. The fraction of sp³-hybridized carbons (Fsp3) is 0.524. The summed E-state index contributed by atoms with van der Waals surface area (Å²) in [6.45, 7) is 45.7. The van der Waals surface area contributed by atoms with Crippen LogP contribution < -0.4 is 9.80 Å². The molecule has 0 N–H and O–H groups in total. The highest BCUT2D eigenvalue weighted by Crippen LogP contribution is 2.21. The van der Waals surface area contributed by atoms with E-state index >= 15 is 0 Å². The minimum atomic E-state index is 0.839. The van der Waals surface area contributed by atoms with Gasteiger partial charge in [0.1, 0.15) is 0 Å². The Balaban J connectivity index is -0.000000222. The van der Waals surface area contributed by atoms with Crippen molar-refractivity contribution in [2.24, 2.45) is 23.7 Å². The van der Waals surface area contributed by atoms with Crippen LogP contribution in [0.3, 0.4) is 0 Å². The van der Waals surface area contributed by atoms with Crippen LogP contribution in [-0.2, 0) is 0 Å². The van der Waals surface area contributed by atoms with Gasteiger partial charge < -0.3 is 9.80 Å². The highest BCUT2D eigenvalue weighted by Gasteiger charge is 2.08. The van der Waals surface area contributed by atoms with Gasteiger partial charge in [-0.05, 0) is 113 Å². The molecule has 2 aromatic carbocycles. The van der Waals surface area contributed by atoms with Crippen LogP contribution in [0.2, 0.25) is 0 Å².